The van der Waals surface area contributed by atoms with Gasteiger partial charge in [0.05, 0.1) is 6.42 Å². The number of hydrogen-bond acceptors (Lipinski definition) is 3. The largest absolute Gasteiger partial charge is 0.481 e. The fourth-order valence-corrected chi connectivity index (χ4v) is 1.73. The summed E-state index contributed by atoms with van der Waals surface area (Å²) in [5.41, 5.74) is 0. The highest BCUT2D eigenvalue weighted by atomic mass is 32.2. The first kappa shape index (κ1) is 11.2. The molecule has 0 aliphatic heterocycles. The van der Waals surface area contributed by atoms with Crippen LogP contribution in [0, 0.1) is 0 Å². The molecule has 0 aromatic carbocycles. The maximum atomic E-state index is 10.1. The van der Waals surface area contributed by atoms with Crippen molar-refractivity contribution in [2.45, 2.75) is 19.3 Å². The third-order valence-electron chi connectivity index (χ3n) is 1.16. The van der Waals surface area contributed by atoms with Gasteiger partial charge in [0.25, 0.3) is 0 Å². The summed E-state index contributed by atoms with van der Waals surface area (Å²) in [6, 6.07) is 0. The van der Waals surface area contributed by atoms with Crippen molar-refractivity contribution in [1.82, 2.24) is 0 Å². The van der Waals surface area contributed by atoms with Gasteiger partial charge in [-0.15, -0.1) is 0 Å². The molecule has 4 heteroatoms. The molecule has 11 heavy (non-hydrogen) atoms. The van der Waals surface area contributed by atoms with Gasteiger partial charge in [-0.25, -0.2) is 0 Å². The average molecular weight is 194 g/mol. The van der Waals surface area contributed by atoms with Gasteiger partial charge < -0.3 is 5.11 Å². The summed E-state index contributed by atoms with van der Waals surface area (Å²) in [7, 11) is 0. The third kappa shape index (κ3) is 10.2. The Kier molecular flexibility index (Phi) is 8.40. The van der Waals surface area contributed by atoms with Crippen LogP contribution in [0.25, 0.3) is 0 Å². The highest BCUT2D eigenvalue weighted by Crippen LogP contribution is 2.06. The molecule has 1 N–H and O–H groups in total. The van der Waals surface area contributed by atoms with Gasteiger partial charge in [0.15, 0.2) is 0 Å². The van der Waals surface area contributed by atoms with Crippen LogP contribution in [-0.4, -0.2) is 28.3 Å². The lowest BCUT2D eigenvalue weighted by Crippen LogP contribution is -1.96. The minimum atomic E-state index is -0.702. The summed E-state index contributed by atoms with van der Waals surface area (Å²) >= 11 is 5.78. The van der Waals surface area contributed by atoms with E-state index in [9.17, 15) is 4.79 Å². The molecule has 0 bridgehead atoms. The number of thioether (sulfide) groups is 1. The summed E-state index contributed by atoms with van der Waals surface area (Å²) in [6.45, 7) is 0. The molecule has 0 atom stereocenters. The van der Waals surface area contributed by atoms with E-state index in [0.717, 1.165) is 30.1 Å². The van der Waals surface area contributed by atoms with Gasteiger partial charge in [0.2, 0.25) is 0 Å². The number of thiol groups is 1. The molecule has 0 radical (unpaired) electrons. The monoisotopic (exact) mass is 194 g/mol. The van der Waals surface area contributed by atoms with Crippen molar-refractivity contribution in [3.8, 4) is 0 Å². The van der Waals surface area contributed by atoms with Gasteiger partial charge in [-0.2, -0.15) is 24.4 Å². The Morgan fingerprint density at radius 3 is 2.64 bits per heavy atom. The van der Waals surface area contributed by atoms with E-state index in [1.165, 1.54) is 0 Å². The van der Waals surface area contributed by atoms with Crippen molar-refractivity contribution in [2.75, 3.05) is 17.3 Å². The smallest absolute Gasteiger partial charge is 0.304 e. The van der Waals surface area contributed by atoms with Crippen LogP contribution in [0.5, 0.6) is 0 Å². The highest BCUT2D eigenvalue weighted by molar-refractivity contribution is 7.99. The highest BCUT2D eigenvalue weighted by Gasteiger charge is 1.95. The first-order valence-corrected chi connectivity index (χ1v) is 5.46. The molecule has 0 rings (SSSR count). The zero-order valence-electron chi connectivity index (χ0n) is 6.45. The van der Waals surface area contributed by atoms with E-state index in [1.807, 2.05) is 0 Å². The van der Waals surface area contributed by atoms with Crippen LogP contribution in [0.2, 0.25) is 0 Å². The maximum absolute atomic E-state index is 10.1. The minimum Gasteiger partial charge on any atom is -0.481 e. The molecule has 0 amide bonds. The second-order valence-electron chi connectivity index (χ2n) is 2.19. The molecule has 0 aromatic rings. The molecule has 0 heterocycles. The minimum absolute atomic E-state index is 0.283. The lowest BCUT2D eigenvalue weighted by molar-refractivity contribution is -0.136. The number of aliphatic carboxylic acids is 1. The number of carbonyl (C=O) groups is 1. The lowest BCUT2D eigenvalue weighted by atomic mass is 10.4. The van der Waals surface area contributed by atoms with E-state index in [2.05, 4.69) is 12.6 Å². The number of rotatable bonds is 7. The molecule has 0 fully saturated rings. The lowest BCUT2D eigenvalue weighted by Gasteiger charge is -1.97. The van der Waals surface area contributed by atoms with Crippen molar-refractivity contribution in [3.63, 3.8) is 0 Å². The second-order valence-corrected chi connectivity index (χ2v) is 3.86. The second kappa shape index (κ2) is 8.27. The molecule has 2 nitrogen and oxygen atoms in total. The molecule has 0 aromatic heterocycles. The Balaban J connectivity index is 2.85. The standard InChI is InChI=1S/C7H14O2S2/c8-7(9)3-6-11-5-2-1-4-10/h10H,1-6H2,(H,8,9). The van der Waals surface area contributed by atoms with E-state index < -0.39 is 5.97 Å². The zero-order valence-corrected chi connectivity index (χ0v) is 8.16. The summed E-state index contributed by atoms with van der Waals surface area (Å²) in [5, 5.41) is 8.29. The molecular weight excluding hydrogens is 180 g/mol. The van der Waals surface area contributed by atoms with Crippen molar-refractivity contribution in [3.05, 3.63) is 0 Å². The van der Waals surface area contributed by atoms with Crippen LogP contribution >= 0.6 is 24.4 Å². The first-order chi connectivity index (χ1) is 5.27. The van der Waals surface area contributed by atoms with Gasteiger partial charge in [0, 0.05) is 5.75 Å². The molecule has 0 aliphatic rings. The first-order valence-electron chi connectivity index (χ1n) is 3.67. The van der Waals surface area contributed by atoms with Gasteiger partial charge >= 0.3 is 5.97 Å². The predicted molar refractivity (Wildman–Crippen MR) is 52.7 cm³/mol. The van der Waals surface area contributed by atoms with Crippen molar-refractivity contribution < 1.29 is 9.90 Å². The average Bonchev–Trinajstić information content (AvgIpc) is 1.96. The number of carboxylic acids is 1. The fourth-order valence-electron chi connectivity index (χ4n) is 0.577. The van der Waals surface area contributed by atoms with Crippen LogP contribution in [-0.2, 0) is 4.79 Å². The Morgan fingerprint density at radius 1 is 1.36 bits per heavy atom. The third-order valence-corrected chi connectivity index (χ3v) is 2.54. The van der Waals surface area contributed by atoms with Gasteiger partial charge in [-0.05, 0) is 24.3 Å². The fraction of sp³-hybridized carbons (Fsp3) is 0.857. The summed E-state index contributed by atoms with van der Waals surface area (Å²) in [6.07, 6.45) is 2.56. The van der Waals surface area contributed by atoms with Gasteiger partial charge in [-0.3, -0.25) is 4.79 Å². The van der Waals surface area contributed by atoms with Crippen LogP contribution < -0.4 is 0 Å². The van der Waals surface area contributed by atoms with Gasteiger partial charge in [0.1, 0.15) is 0 Å². The van der Waals surface area contributed by atoms with E-state index >= 15 is 0 Å². The number of unbranched alkanes of at least 4 members (excludes halogenated alkanes) is 1. The normalized spacial score (nSPS) is 9.91. The number of carboxylic acid groups (broad SMARTS) is 1. The molecule has 66 valence electrons. The summed E-state index contributed by atoms with van der Waals surface area (Å²) in [4.78, 5) is 10.1. The molecule has 0 spiro atoms. The Labute approximate surface area is 77.2 Å². The molecular formula is C7H14O2S2. The Hall–Kier alpha value is 0.170. The summed E-state index contributed by atoms with van der Waals surface area (Å²) in [5.74, 6) is 2.03. The van der Waals surface area contributed by atoms with E-state index in [0.29, 0.717) is 0 Å². The molecule has 0 saturated carbocycles. The topological polar surface area (TPSA) is 37.3 Å². The van der Waals surface area contributed by atoms with Crippen LogP contribution in [0.4, 0.5) is 0 Å². The predicted octanol–water partition coefficient (Wildman–Crippen LogP) is 1.90. The van der Waals surface area contributed by atoms with Crippen molar-refractivity contribution in [2.24, 2.45) is 0 Å². The van der Waals surface area contributed by atoms with Crippen LogP contribution in [0.3, 0.4) is 0 Å². The van der Waals surface area contributed by atoms with Crippen LogP contribution in [0.15, 0.2) is 0 Å². The SMILES string of the molecule is O=C(O)CCSCCCCS. The van der Waals surface area contributed by atoms with Crippen molar-refractivity contribution >= 4 is 30.4 Å². The molecule has 0 unspecified atom stereocenters. The maximum Gasteiger partial charge on any atom is 0.304 e. The molecule has 0 aliphatic carbocycles. The summed E-state index contributed by atoms with van der Waals surface area (Å²) < 4.78 is 0. The van der Waals surface area contributed by atoms with Crippen molar-refractivity contribution in [1.29, 1.82) is 0 Å². The molecule has 0 saturated heterocycles. The van der Waals surface area contributed by atoms with E-state index in [4.69, 9.17) is 5.11 Å². The quantitative estimate of drug-likeness (QED) is 0.480. The zero-order chi connectivity index (χ0) is 8.53. The Bertz CT molecular complexity index is 107. The van der Waals surface area contributed by atoms with Crippen LogP contribution in [0.1, 0.15) is 19.3 Å². The Morgan fingerprint density at radius 2 is 2.09 bits per heavy atom. The van der Waals surface area contributed by atoms with E-state index in [1.54, 1.807) is 11.8 Å². The van der Waals surface area contributed by atoms with E-state index in [-0.39, 0.29) is 6.42 Å². The van der Waals surface area contributed by atoms with Gasteiger partial charge in [-0.1, -0.05) is 0 Å². The number of hydrogen-bond donors (Lipinski definition) is 2.